The second-order valence-electron chi connectivity index (χ2n) is 8.73. The Balaban J connectivity index is 3.06. The summed E-state index contributed by atoms with van der Waals surface area (Å²) >= 11 is 0. The molecular weight excluding hydrogens is 466 g/mol. The van der Waals surface area contributed by atoms with Gasteiger partial charge in [0.15, 0.2) is 0 Å². The molecule has 0 aromatic heterocycles. The van der Waals surface area contributed by atoms with Crippen molar-refractivity contribution in [3.63, 3.8) is 0 Å². The molecular formula is C21H34N5O9-3. The smallest absolute Gasteiger partial charge is 0.323 e. The monoisotopic (exact) mass is 500 g/mol. The predicted octanol–water partition coefficient (Wildman–Crippen LogP) is -6.22. The molecule has 0 bridgehead atoms. The molecule has 0 unspecified atom stereocenters. The topological polar surface area (TPSA) is 191 Å². The molecule has 1 rings (SSSR count). The van der Waals surface area contributed by atoms with Crippen LogP contribution in [0.1, 0.15) is 13.8 Å². The summed E-state index contributed by atoms with van der Waals surface area (Å²) in [5, 5.41) is 42.6. The summed E-state index contributed by atoms with van der Waals surface area (Å²) in [6, 6.07) is -0.357. The van der Waals surface area contributed by atoms with Gasteiger partial charge in [-0.05, 0) is 13.8 Å². The molecule has 1 aliphatic heterocycles. The maximum atomic E-state index is 12.8. The fraction of sp³-hybridized carbons (Fsp3) is 0.762. The average molecular weight is 501 g/mol. The van der Waals surface area contributed by atoms with Crippen LogP contribution < -0.4 is 15.3 Å². The number of aliphatic carboxylic acids is 4. The molecule has 0 aliphatic carbocycles. The van der Waals surface area contributed by atoms with E-state index in [1.807, 2.05) is 0 Å². The Morgan fingerprint density at radius 2 is 0.943 bits per heavy atom. The molecule has 1 saturated heterocycles. The van der Waals surface area contributed by atoms with Gasteiger partial charge in [-0.1, -0.05) is 0 Å². The fourth-order valence-electron chi connectivity index (χ4n) is 3.75. The van der Waals surface area contributed by atoms with Crippen LogP contribution >= 0.6 is 0 Å². The lowest BCUT2D eigenvalue weighted by Crippen LogP contribution is -2.52. The molecule has 1 N–H and O–H groups in total. The Kier molecular flexibility index (Phi) is 13.2. The third-order valence-electron chi connectivity index (χ3n) is 5.60. The van der Waals surface area contributed by atoms with Gasteiger partial charge < -0.3 is 39.7 Å². The minimum Gasteiger partial charge on any atom is -0.549 e. The van der Waals surface area contributed by atoms with Gasteiger partial charge in [0.2, 0.25) is 5.91 Å². The standard InChI is InChI=1S/C21H37N5O9/c1-16(2)26(15-21(34)35)17(27)11-22-3-5-23(12-18(28)29)7-9-25(14-20(32)33)10-8-24(6-4-22)13-19(30)31/h16H,3-15H2,1-2H3,(H,28,29)(H,30,31)(H,32,33)(H,34,35)/p-3. The molecule has 0 saturated carbocycles. The maximum Gasteiger partial charge on any atom is 0.323 e. The van der Waals surface area contributed by atoms with Crippen LogP contribution in [0.5, 0.6) is 0 Å². The van der Waals surface area contributed by atoms with E-state index in [-0.39, 0.29) is 64.9 Å². The van der Waals surface area contributed by atoms with Gasteiger partial charge in [0.1, 0.15) is 6.54 Å². The summed E-state index contributed by atoms with van der Waals surface area (Å²) in [7, 11) is 0. The number of hydrogen-bond acceptors (Lipinski definition) is 12. The molecule has 200 valence electrons. The summed E-state index contributed by atoms with van der Waals surface area (Å²) in [6.07, 6.45) is 0. The third-order valence-corrected chi connectivity index (χ3v) is 5.60. The summed E-state index contributed by atoms with van der Waals surface area (Å²) in [5.74, 6) is -5.50. The van der Waals surface area contributed by atoms with Crippen molar-refractivity contribution in [1.29, 1.82) is 0 Å². The molecule has 1 heterocycles. The predicted molar refractivity (Wildman–Crippen MR) is 115 cm³/mol. The van der Waals surface area contributed by atoms with E-state index < -0.39 is 56.0 Å². The first-order chi connectivity index (χ1) is 16.4. The molecule has 1 aliphatic rings. The Morgan fingerprint density at radius 3 is 1.17 bits per heavy atom. The average Bonchev–Trinajstić information content (AvgIpc) is 2.72. The van der Waals surface area contributed by atoms with Crippen molar-refractivity contribution in [3.05, 3.63) is 0 Å². The van der Waals surface area contributed by atoms with Gasteiger partial charge in [-0.3, -0.25) is 29.2 Å². The zero-order valence-electron chi connectivity index (χ0n) is 20.2. The van der Waals surface area contributed by atoms with Gasteiger partial charge in [0, 0.05) is 78.0 Å². The molecule has 0 atom stereocenters. The molecule has 14 nitrogen and oxygen atoms in total. The van der Waals surface area contributed by atoms with Crippen molar-refractivity contribution in [2.24, 2.45) is 0 Å². The number of nitrogens with zero attached hydrogens (tertiary/aromatic N) is 5. The molecule has 35 heavy (non-hydrogen) atoms. The first kappa shape index (κ1) is 30.2. The number of carbonyl (C=O) groups excluding carboxylic acids is 4. The van der Waals surface area contributed by atoms with Gasteiger partial charge >= 0.3 is 5.97 Å². The highest BCUT2D eigenvalue weighted by molar-refractivity contribution is 5.83. The van der Waals surface area contributed by atoms with Crippen LogP contribution in [0.3, 0.4) is 0 Å². The van der Waals surface area contributed by atoms with Crippen molar-refractivity contribution in [1.82, 2.24) is 24.5 Å². The summed E-state index contributed by atoms with van der Waals surface area (Å²) in [6.45, 7) is 3.26. The summed E-state index contributed by atoms with van der Waals surface area (Å²) in [4.78, 5) is 65.1. The summed E-state index contributed by atoms with van der Waals surface area (Å²) in [5.41, 5.74) is 0. The van der Waals surface area contributed by atoms with Gasteiger partial charge in [-0.25, -0.2) is 0 Å². The van der Waals surface area contributed by atoms with E-state index in [9.17, 15) is 39.3 Å². The lowest BCUT2D eigenvalue weighted by atomic mass is 10.2. The second kappa shape index (κ2) is 15.2. The highest BCUT2D eigenvalue weighted by Crippen LogP contribution is 2.04. The largest absolute Gasteiger partial charge is 0.549 e. The van der Waals surface area contributed by atoms with Crippen LogP contribution in [0.25, 0.3) is 0 Å². The molecule has 0 aromatic carbocycles. The number of rotatable bonds is 11. The van der Waals surface area contributed by atoms with Gasteiger partial charge in [0.25, 0.3) is 0 Å². The van der Waals surface area contributed by atoms with E-state index in [1.165, 1.54) is 9.80 Å². The lowest BCUT2D eigenvalue weighted by molar-refractivity contribution is -0.308. The maximum absolute atomic E-state index is 12.8. The SMILES string of the molecule is CC(C)N(CC(=O)O)C(=O)CN1CCN(CC(=O)[O-])CCN(CC(=O)[O-])CCN(CC(=O)[O-])CC1. The van der Waals surface area contributed by atoms with E-state index in [0.717, 1.165) is 0 Å². The Bertz CT molecular complexity index is 717. The van der Waals surface area contributed by atoms with Crippen molar-refractivity contribution in [3.8, 4) is 0 Å². The Hall–Kier alpha value is -2.81. The highest BCUT2D eigenvalue weighted by Gasteiger charge is 2.23. The first-order valence-corrected chi connectivity index (χ1v) is 11.4. The zero-order chi connectivity index (χ0) is 26.5. The van der Waals surface area contributed by atoms with Gasteiger partial charge in [0.05, 0.1) is 24.5 Å². The molecule has 0 spiro atoms. The van der Waals surface area contributed by atoms with Crippen molar-refractivity contribution >= 4 is 29.8 Å². The van der Waals surface area contributed by atoms with E-state index in [0.29, 0.717) is 0 Å². The first-order valence-electron chi connectivity index (χ1n) is 11.4. The number of carboxylic acid groups (broad SMARTS) is 4. The highest BCUT2D eigenvalue weighted by atomic mass is 16.4. The van der Waals surface area contributed by atoms with Crippen LogP contribution in [0.15, 0.2) is 0 Å². The van der Waals surface area contributed by atoms with E-state index in [4.69, 9.17) is 5.11 Å². The quantitative estimate of drug-likeness (QED) is 0.282. The minimum absolute atomic E-state index is 0.138. The molecule has 0 radical (unpaired) electrons. The van der Waals surface area contributed by atoms with E-state index in [1.54, 1.807) is 28.5 Å². The second-order valence-corrected chi connectivity index (χ2v) is 8.73. The van der Waals surface area contributed by atoms with E-state index in [2.05, 4.69) is 0 Å². The Morgan fingerprint density at radius 1 is 0.657 bits per heavy atom. The van der Waals surface area contributed by atoms with Crippen molar-refractivity contribution in [2.75, 3.05) is 85.1 Å². The van der Waals surface area contributed by atoms with Crippen LogP contribution in [0.2, 0.25) is 0 Å². The van der Waals surface area contributed by atoms with Gasteiger partial charge in [-0.15, -0.1) is 0 Å². The van der Waals surface area contributed by atoms with Crippen molar-refractivity contribution in [2.45, 2.75) is 19.9 Å². The minimum atomic E-state index is -1.31. The normalized spacial score (nSPS) is 17.9. The lowest BCUT2D eigenvalue weighted by Gasteiger charge is -2.35. The van der Waals surface area contributed by atoms with Crippen molar-refractivity contribution < 1.29 is 44.4 Å². The molecule has 1 amide bonds. The number of carboxylic acids is 4. The van der Waals surface area contributed by atoms with Crippen LogP contribution in [0.4, 0.5) is 0 Å². The van der Waals surface area contributed by atoms with Crippen LogP contribution in [-0.4, -0.2) is 151 Å². The summed E-state index contributed by atoms with van der Waals surface area (Å²) < 4.78 is 0. The molecule has 1 fully saturated rings. The third kappa shape index (κ3) is 13.0. The van der Waals surface area contributed by atoms with Crippen LogP contribution in [0, 0.1) is 0 Å². The van der Waals surface area contributed by atoms with Gasteiger partial charge in [-0.2, -0.15) is 0 Å². The molecule has 0 aromatic rings. The number of carbonyl (C=O) groups is 5. The molecule has 14 heteroatoms. The van der Waals surface area contributed by atoms with Crippen LogP contribution in [-0.2, 0) is 24.0 Å². The Labute approximate surface area is 204 Å². The number of amides is 1. The van der Waals surface area contributed by atoms with E-state index >= 15 is 0 Å². The fourth-order valence-corrected chi connectivity index (χ4v) is 3.75. The number of hydrogen-bond donors (Lipinski definition) is 1. The zero-order valence-corrected chi connectivity index (χ0v) is 20.2.